The maximum absolute atomic E-state index is 13.8. The lowest BCUT2D eigenvalue weighted by Crippen LogP contribution is -2.39. The molecule has 0 saturated carbocycles. The first-order chi connectivity index (χ1) is 12.0. The van der Waals surface area contributed by atoms with Crippen LogP contribution in [0.1, 0.15) is 5.56 Å². The summed E-state index contributed by atoms with van der Waals surface area (Å²) >= 11 is 5.99. The van der Waals surface area contributed by atoms with E-state index in [4.69, 9.17) is 11.6 Å². The molecule has 2 aromatic carbocycles. The molecule has 2 aromatic rings. The Kier molecular flexibility index (Phi) is 3.54. The molecule has 2 atom stereocenters. The smallest absolute Gasteiger partial charge is 0.263 e. The lowest BCUT2D eigenvalue weighted by Gasteiger charge is -2.20. The summed E-state index contributed by atoms with van der Waals surface area (Å²) in [4.78, 5) is 26.4. The Morgan fingerprint density at radius 3 is 2.60 bits per heavy atom. The summed E-state index contributed by atoms with van der Waals surface area (Å²) in [5.74, 6) is -1.50. The highest BCUT2D eigenvalue weighted by atomic mass is 35.5. The number of benzene rings is 2. The van der Waals surface area contributed by atoms with Crippen molar-refractivity contribution in [1.82, 2.24) is 0 Å². The summed E-state index contributed by atoms with van der Waals surface area (Å²) in [5, 5.41) is 9.74. The molecular formula is C17H12ClFN4O2. The number of halogens is 2. The predicted octanol–water partition coefficient (Wildman–Crippen LogP) is 3.29. The lowest BCUT2D eigenvalue weighted by molar-refractivity contribution is -0.121. The third kappa shape index (κ3) is 2.39. The van der Waals surface area contributed by atoms with Gasteiger partial charge in [0.15, 0.2) is 12.1 Å². The van der Waals surface area contributed by atoms with Gasteiger partial charge < -0.3 is 0 Å². The summed E-state index contributed by atoms with van der Waals surface area (Å²) < 4.78 is 13.8. The second kappa shape index (κ2) is 5.63. The zero-order valence-corrected chi connectivity index (χ0v) is 13.8. The molecule has 2 heterocycles. The average Bonchev–Trinajstić information content (AvgIpc) is 3.12. The van der Waals surface area contributed by atoms with E-state index in [0.717, 1.165) is 4.90 Å². The molecule has 0 aromatic heterocycles. The number of imide groups is 1. The van der Waals surface area contributed by atoms with Gasteiger partial charge in [-0.1, -0.05) is 29.0 Å². The summed E-state index contributed by atoms with van der Waals surface area (Å²) in [7, 11) is 0. The quantitative estimate of drug-likeness (QED) is 0.774. The number of nitrogens with zero attached hydrogens (tertiary/aromatic N) is 4. The highest BCUT2D eigenvalue weighted by Gasteiger charge is 2.55. The van der Waals surface area contributed by atoms with Crippen molar-refractivity contribution >= 4 is 34.8 Å². The van der Waals surface area contributed by atoms with Gasteiger partial charge in [0.25, 0.3) is 11.8 Å². The molecule has 0 bridgehead atoms. The fourth-order valence-corrected chi connectivity index (χ4v) is 3.15. The topological polar surface area (TPSA) is 65.3 Å². The standard InChI is InChI=1S/C17H12ClFN4O2/c1-9-5-6-11(8-13(9)19)22-16(24)14-15(17(22)25)23(21-20-14)12-4-2-3-10(18)7-12/h2-8,14-15H,1H3/t14-,15-/m0/s1. The molecule has 0 N–H and O–H groups in total. The lowest BCUT2D eigenvalue weighted by atomic mass is 10.1. The van der Waals surface area contributed by atoms with Crippen LogP contribution in [0.4, 0.5) is 15.8 Å². The van der Waals surface area contributed by atoms with Crippen molar-refractivity contribution in [2.75, 3.05) is 9.91 Å². The van der Waals surface area contributed by atoms with E-state index in [9.17, 15) is 14.0 Å². The van der Waals surface area contributed by atoms with E-state index in [1.165, 1.54) is 23.2 Å². The number of fused-ring (bicyclic) bond motifs is 1. The van der Waals surface area contributed by atoms with E-state index in [-0.39, 0.29) is 5.69 Å². The van der Waals surface area contributed by atoms with Gasteiger partial charge in [-0.05, 0) is 42.8 Å². The number of anilines is 2. The van der Waals surface area contributed by atoms with Gasteiger partial charge in [0, 0.05) is 5.02 Å². The molecule has 6 nitrogen and oxygen atoms in total. The normalized spacial score (nSPS) is 22.0. The van der Waals surface area contributed by atoms with Gasteiger partial charge in [-0.25, -0.2) is 14.3 Å². The first-order valence-electron chi connectivity index (χ1n) is 7.57. The number of hydrogen-bond acceptors (Lipinski definition) is 5. The Morgan fingerprint density at radius 1 is 1.08 bits per heavy atom. The van der Waals surface area contributed by atoms with Gasteiger partial charge in [-0.15, -0.1) is 0 Å². The van der Waals surface area contributed by atoms with Crippen molar-refractivity contribution in [2.45, 2.75) is 19.0 Å². The number of hydrogen-bond donors (Lipinski definition) is 0. The minimum absolute atomic E-state index is 0.189. The molecule has 1 saturated heterocycles. The number of carbonyl (C=O) groups excluding carboxylic acids is 2. The van der Waals surface area contributed by atoms with E-state index < -0.39 is 29.7 Å². The molecule has 1 fully saturated rings. The van der Waals surface area contributed by atoms with Crippen molar-refractivity contribution in [3.63, 3.8) is 0 Å². The van der Waals surface area contributed by atoms with Crippen LogP contribution < -0.4 is 9.91 Å². The van der Waals surface area contributed by atoms with Gasteiger partial charge >= 0.3 is 0 Å². The Morgan fingerprint density at radius 2 is 1.88 bits per heavy atom. The Hall–Kier alpha value is -2.80. The molecule has 2 amide bonds. The molecule has 0 spiro atoms. The first kappa shape index (κ1) is 15.7. The fraction of sp³-hybridized carbons (Fsp3) is 0.176. The highest BCUT2D eigenvalue weighted by molar-refractivity contribution is 6.31. The maximum atomic E-state index is 13.8. The second-order valence-electron chi connectivity index (χ2n) is 5.86. The van der Waals surface area contributed by atoms with Crippen LogP contribution in [0.25, 0.3) is 0 Å². The summed E-state index contributed by atoms with van der Waals surface area (Å²) in [5.41, 5.74) is 1.18. The number of aryl methyl sites for hydroxylation is 1. The van der Waals surface area contributed by atoms with Crippen molar-refractivity contribution < 1.29 is 14.0 Å². The van der Waals surface area contributed by atoms with E-state index in [0.29, 0.717) is 16.3 Å². The van der Waals surface area contributed by atoms with E-state index in [1.807, 2.05) is 0 Å². The number of amides is 2. The van der Waals surface area contributed by atoms with Crippen molar-refractivity contribution in [3.05, 3.63) is 58.9 Å². The predicted molar refractivity (Wildman–Crippen MR) is 90.0 cm³/mol. The Labute approximate surface area is 147 Å². The van der Waals surface area contributed by atoms with E-state index in [1.54, 1.807) is 31.2 Å². The molecule has 0 aliphatic carbocycles. The average molecular weight is 359 g/mol. The van der Waals surface area contributed by atoms with Crippen LogP contribution in [0.15, 0.2) is 52.8 Å². The largest absolute Gasteiger partial charge is 0.271 e. The highest BCUT2D eigenvalue weighted by Crippen LogP contribution is 2.35. The van der Waals surface area contributed by atoms with Gasteiger partial charge in [-0.3, -0.25) is 9.59 Å². The van der Waals surface area contributed by atoms with Gasteiger partial charge in [0.05, 0.1) is 11.4 Å². The molecule has 4 rings (SSSR count). The molecular weight excluding hydrogens is 347 g/mol. The monoisotopic (exact) mass is 358 g/mol. The summed E-state index contributed by atoms with van der Waals surface area (Å²) in [6.45, 7) is 1.61. The second-order valence-corrected chi connectivity index (χ2v) is 6.30. The van der Waals surface area contributed by atoms with Gasteiger partial charge in [-0.2, -0.15) is 5.11 Å². The third-order valence-corrected chi connectivity index (χ3v) is 4.50. The maximum Gasteiger partial charge on any atom is 0.263 e. The Bertz CT molecular complexity index is 933. The van der Waals surface area contributed by atoms with Crippen LogP contribution in [0, 0.1) is 12.7 Å². The van der Waals surface area contributed by atoms with Crippen LogP contribution in [0.5, 0.6) is 0 Å². The zero-order valence-electron chi connectivity index (χ0n) is 13.1. The van der Waals surface area contributed by atoms with Crippen molar-refractivity contribution in [3.8, 4) is 0 Å². The minimum Gasteiger partial charge on any atom is -0.271 e. The summed E-state index contributed by atoms with van der Waals surface area (Å²) in [6.07, 6.45) is 0. The van der Waals surface area contributed by atoms with Crippen LogP contribution in [-0.2, 0) is 9.59 Å². The fourth-order valence-electron chi connectivity index (χ4n) is 2.97. The molecule has 0 radical (unpaired) electrons. The van der Waals surface area contributed by atoms with Gasteiger partial charge in [0.1, 0.15) is 5.82 Å². The van der Waals surface area contributed by atoms with Crippen molar-refractivity contribution in [1.29, 1.82) is 0 Å². The van der Waals surface area contributed by atoms with Crippen molar-refractivity contribution in [2.24, 2.45) is 10.3 Å². The Balaban J connectivity index is 1.71. The molecule has 8 heteroatoms. The van der Waals surface area contributed by atoms with Gasteiger partial charge in [0.2, 0.25) is 0 Å². The van der Waals surface area contributed by atoms with Crippen LogP contribution in [-0.4, -0.2) is 23.9 Å². The van der Waals surface area contributed by atoms with Crippen LogP contribution in [0.3, 0.4) is 0 Å². The van der Waals surface area contributed by atoms with Crippen LogP contribution >= 0.6 is 11.6 Å². The van der Waals surface area contributed by atoms with Crippen LogP contribution in [0.2, 0.25) is 5.02 Å². The zero-order chi connectivity index (χ0) is 17.7. The first-order valence-corrected chi connectivity index (χ1v) is 7.95. The molecule has 126 valence electrons. The molecule has 2 aliphatic rings. The number of rotatable bonds is 2. The molecule has 25 heavy (non-hydrogen) atoms. The molecule has 2 aliphatic heterocycles. The third-order valence-electron chi connectivity index (χ3n) is 4.27. The summed E-state index contributed by atoms with van der Waals surface area (Å²) in [6, 6.07) is 9.16. The number of carbonyl (C=O) groups is 2. The molecule has 0 unspecified atom stereocenters. The minimum atomic E-state index is -0.948. The van der Waals surface area contributed by atoms with E-state index >= 15 is 0 Å². The SMILES string of the molecule is Cc1ccc(N2C(=O)[C@H]3N=NN(c4cccc(Cl)c4)[C@@H]3C2=O)cc1F. The van der Waals surface area contributed by atoms with E-state index in [2.05, 4.69) is 10.3 Å².